The minimum atomic E-state index is -4.14. The second-order valence-corrected chi connectivity index (χ2v) is 5.20. The van der Waals surface area contributed by atoms with Crippen molar-refractivity contribution in [2.75, 3.05) is 32.8 Å². The van der Waals surface area contributed by atoms with Gasteiger partial charge < -0.3 is 15.5 Å². The van der Waals surface area contributed by atoms with E-state index in [1.807, 2.05) is 0 Å². The van der Waals surface area contributed by atoms with Crippen molar-refractivity contribution in [2.45, 2.75) is 37.6 Å². The maximum Gasteiger partial charge on any atom is 0.401 e. The van der Waals surface area contributed by atoms with Crippen LogP contribution in [0.5, 0.6) is 0 Å². The highest BCUT2D eigenvalue weighted by Crippen LogP contribution is 2.19. The van der Waals surface area contributed by atoms with E-state index >= 15 is 0 Å². The minimum Gasteiger partial charge on any atom is -0.393 e. The Morgan fingerprint density at radius 3 is 2.28 bits per heavy atom. The van der Waals surface area contributed by atoms with Crippen LogP contribution >= 0.6 is 0 Å². The first-order valence-corrected chi connectivity index (χ1v) is 6.07. The van der Waals surface area contributed by atoms with Crippen LogP contribution in [0.1, 0.15) is 19.8 Å². The summed E-state index contributed by atoms with van der Waals surface area (Å²) >= 11 is 0. The lowest BCUT2D eigenvalue weighted by molar-refractivity contribution is -0.148. The van der Waals surface area contributed by atoms with Gasteiger partial charge in [0, 0.05) is 12.6 Å². The topological polar surface area (TPSA) is 55.7 Å². The average molecular weight is 270 g/mol. The Morgan fingerprint density at radius 1 is 1.28 bits per heavy atom. The van der Waals surface area contributed by atoms with Gasteiger partial charge in [-0.25, -0.2) is 0 Å². The molecule has 1 unspecified atom stereocenters. The molecule has 0 aromatic carbocycles. The highest BCUT2D eigenvalue weighted by Gasteiger charge is 2.32. The molecule has 108 valence electrons. The zero-order valence-corrected chi connectivity index (χ0v) is 10.5. The third kappa shape index (κ3) is 5.99. The van der Waals surface area contributed by atoms with Gasteiger partial charge in [-0.05, 0) is 32.9 Å². The molecule has 0 aromatic rings. The second-order valence-electron chi connectivity index (χ2n) is 5.20. The summed E-state index contributed by atoms with van der Waals surface area (Å²) in [6, 6.07) is 0.104. The molecule has 3 N–H and O–H groups in total. The molecule has 1 aliphatic heterocycles. The van der Waals surface area contributed by atoms with Gasteiger partial charge in [0.15, 0.2) is 0 Å². The van der Waals surface area contributed by atoms with Crippen LogP contribution in [0.2, 0.25) is 0 Å². The Hall–Kier alpha value is -0.370. The van der Waals surface area contributed by atoms with Crippen molar-refractivity contribution in [1.82, 2.24) is 10.2 Å². The number of aliphatic hydroxyl groups excluding tert-OH is 1. The lowest BCUT2D eigenvalue weighted by Gasteiger charge is -2.34. The number of alkyl halides is 3. The average Bonchev–Trinajstić information content (AvgIpc) is 2.26. The Labute approximate surface area is 105 Å². The van der Waals surface area contributed by atoms with E-state index in [0.717, 1.165) is 0 Å². The van der Waals surface area contributed by atoms with Crippen LogP contribution in [0.4, 0.5) is 13.2 Å². The van der Waals surface area contributed by atoms with E-state index in [1.54, 1.807) is 0 Å². The molecule has 0 saturated carbocycles. The van der Waals surface area contributed by atoms with E-state index in [-0.39, 0.29) is 19.2 Å². The Kier molecular flexibility index (Phi) is 5.39. The summed E-state index contributed by atoms with van der Waals surface area (Å²) < 4.78 is 36.5. The summed E-state index contributed by atoms with van der Waals surface area (Å²) in [6.07, 6.45) is -2.89. The molecule has 1 saturated heterocycles. The molecule has 1 rings (SSSR count). The molecule has 0 spiro atoms. The molecule has 0 amide bonds. The third-order valence-electron chi connectivity index (χ3n) is 3.10. The molecule has 1 aliphatic rings. The summed E-state index contributed by atoms with van der Waals surface area (Å²) in [5.74, 6) is 0. The van der Waals surface area contributed by atoms with E-state index in [2.05, 4.69) is 5.32 Å². The molecular formula is C11H21F3N2O2. The zero-order valence-electron chi connectivity index (χ0n) is 10.5. The number of hydrogen-bond donors (Lipinski definition) is 3. The first-order chi connectivity index (χ1) is 8.22. The predicted molar refractivity (Wildman–Crippen MR) is 61.2 cm³/mol. The number of aliphatic hydroxyl groups is 2. The monoisotopic (exact) mass is 270 g/mol. The maximum absolute atomic E-state index is 12.2. The van der Waals surface area contributed by atoms with Crippen LogP contribution in [-0.4, -0.2) is 65.7 Å². The molecule has 7 heteroatoms. The van der Waals surface area contributed by atoms with Gasteiger partial charge >= 0.3 is 6.18 Å². The van der Waals surface area contributed by atoms with Gasteiger partial charge in [-0.3, -0.25) is 4.90 Å². The van der Waals surface area contributed by atoms with Crippen molar-refractivity contribution in [3.05, 3.63) is 0 Å². The highest BCUT2D eigenvalue weighted by molar-refractivity contribution is 4.82. The summed E-state index contributed by atoms with van der Waals surface area (Å²) in [5, 5.41) is 21.5. The molecule has 1 atom stereocenters. The van der Waals surface area contributed by atoms with Crippen LogP contribution in [-0.2, 0) is 0 Å². The predicted octanol–water partition coefficient (Wildman–Crippen LogP) is 0.346. The van der Waals surface area contributed by atoms with E-state index in [9.17, 15) is 18.3 Å². The van der Waals surface area contributed by atoms with Crippen LogP contribution in [0.15, 0.2) is 0 Å². The third-order valence-corrected chi connectivity index (χ3v) is 3.10. The second kappa shape index (κ2) is 6.18. The number of nitrogens with one attached hydrogen (secondary N) is 1. The van der Waals surface area contributed by atoms with Crippen molar-refractivity contribution < 1.29 is 23.4 Å². The smallest absolute Gasteiger partial charge is 0.393 e. The number of rotatable bonds is 5. The molecule has 0 aliphatic carbocycles. The molecule has 0 radical (unpaired) electrons. The first-order valence-electron chi connectivity index (χ1n) is 6.07. The van der Waals surface area contributed by atoms with Crippen LogP contribution < -0.4 is 5.32 Å². The van der Waals surface area contributed by atoms with E-state index in [4.69, 9.17) is 5.11 Å². The Morgan fingerprint density at radius 2 is 1.83 bits per heavy atom. The van der Waals surface area contributed by atoms with E-state index in [1.165, 1.54) is 11.8 Å². The SMILES string of the molecule is CC(O)(CO)CNC1CCN(CC(F)(F)F)CC1. The van der Waals surface area contributed by atoms with Crippen molar-refractivity contribution >= 4 is 0 Å². The molecule has 1 heterocycles. The first kappa shape index (κ1) is 15.7. The fraction of sp³-hybridized carbons (Fsp3) is 1.00. The summed E-state index contributed by atoms with van der Waals surface area (Å²) in [5.41, 5.74) is -1.18. The van der Waals surface area contributed by atoms with Crippen LogP contribution in [0.25, 0.3) is 0 Å². The summed E-state index contributed by atoms with van der Waals surface area (Å²) in [7, 11) is 0. The van der Waals surface area contributed by atoms with Gasteiger partial charge in [-0.1, -0.05) is 0 Å². The largest absolute Gasteiger partial charge is 0.401 e. The van der Waals surface area contributed by atoms with Crippen molar-refractivity contribution in [2.24, 2.45) is 0 Å². The Bertz CT molecular complexity index is 251. The van der Waals surface area contributed by atoms with Crippen molar-refractivity contribution in [1.29, 1.82) is 0 Å². The maximum atomic E-state index is 12.2. The zero-order chi connectivity index (χ0) is 13.8. The number of hydrogen-bond acceptors (Lipinski definition) is 4. The number of halogens is 3. The van der Waals surface area contributed by atoms with Gasteiger partial charge in [0.25, 0.3) is 0 Å². The van der Waals surface area contributed by atoms with Crippen LogP contribution in [0.3, 0.4) is 0 Å². The van der Waals surface area contributed by atoms with E-state index < -0.39 is 18.3 Å². The fourth-order valence-electron chi connectivity index (χ4n) is 1.97. The quantitative estimate of drug-likeness (QED) is 0.674. The Balaban J connectivity index is 2.23. The highest BCUT2D eigenvalue weighted by atomic mass is 19.4. The minimum absolute atomic E-state index is 0.104. The lowest BCUT2D eigenvalue weighted by atomic mass is 10.0. The molecule has 0 aromatic heterocycles. The van der Waals surface area contributed by atoms with Crippen LogP contribution in [0, 0.1) is 0 Å². The summed E-state index contributed by atoms with van der Waals surface area (Å²) in [4.78, 5) is 1.39. The standard InChI is InChI=1S/C11H21F3N2O2/c1-10(18,8-17)6-15-9-2-4-16(5-3-9)7-11(12,13)14/h9,15,17-18H,2-8H2,1H3. The van der Waals surface area contributed by atoms with Gasteiger partial charge in [-0.2, -0.15) is 13.2 Å². The lowest BCUT2D eigenvalue weighted by Crippen LogP contribution is -2.50. The van der Waals surface area contributed by atoms with Crippen molar-refractivity contribution in [3.63, 3.8) is 0 Å². The van der Waals surface area contributed by atoms with Gasteiger partial charge in [0.2, 0.25) is 0 Å². The van der Waals surface area contributed by atoms with E-state index in [0.29, 0.717) is 25.9 Å². The normalized spacial score (nSPS) is 23.0. The molecular weight excluding hydrogens is 249 g/mol. The number of likely N-dealkylation sites (tertiary alicyclic amines) is 1. The fourth-order valence-corrected chi connectivity index (χ4v) is 1.97. The van der Waals surface area contributed by atoms with Gasteiger partial charge in [0.1, 0.15) is 0 Å². The van der Waals surface area contributed by atoms with Crippen molar-refractivity contribution in [3.8, 4) is 0 Å². The molecule has 1 fully saturated rings. The van der Waals surface area contributed by atoms with Gasteiger partial charge in [-0.15, -0.1) is 0 Å². The molecule has 4 nitrogen and oxygen atoms in total. The summed E-state index contributed by atoms with van der Waals surface area (Å²) in [6.45, 7) is 1.37. The molecule has 0 bridgehead atoms. The molecule has 18 heavy (non-hydrogen) atoms. The number of nitrogens with zero attached hydrogens (tertiary/aromatic N) is 1. The van der Waals surface area contributed by atoms with Gasteiger partial charge in [0.05, 0.1) is 18.8 Å². The number of piperidine rings is 1.